The van der Waals surface area contributed by atoms with Crippen LogP contribution in [0.15, 0.2) is 0 Å². The maximum Gasteiger partial charge on any atom is 0 e. The van der Waals surface area contributed by atoms with Crippen molar-refractivity contribution >= 4 is 58.7 Å². The Morgan fingerprint density at radius 1 is 1.00 bits per heavy atom. The van der Waals surface area contributed by atoms with E-state index in [1.54, 1.807) is 0 Å². The van der Waals surface area contributed by atoms with Gasteiger partial charge in [0.15, 0.2) is 0 Å². The summed E-state index contributed by atoms with van der Waals surface area (Å²) in [7, 11) is 0. The van der Waals surface area contributed by atoms with Gasteiger partial charge in [-0.3, -0.25) is 0 Å². The largest absolute Gasteiger partial charge is 0.197 e. The van der Waals surface area contributed by atoms with E-state index in [9.17, 15) is 0 Å². The van der Waals surface area contributed by atoms with E-state index < -0.39 is 0 Å². The third-order valence-electron chi connectivity index (χ3n) is 0. The summed E-state index contributed by atoms with van der Waals surface area (Å²) in [4.78, 5) is 0. The maximum absolute atomic E-state index is 0. The van der Waals surface area contributed by atoms with Crippen LogP contribution in [0.5, 0.6) is 0 Å². The molecule has 32 valence electrons. The average molecular weight is 558 g/mol. The van der Waals surface area contributed by atoms with E-state index in [1.807, 2.05) is 0 Å². The molecule has 0 nitrogen and oxygen atoms in total. The first-order valence-corrected chi connectivity index (χ1v) is 0. The number of hydrogen-bond acceptors (Lipinski definition) is 0. The van der Waals surface area contributed by atoms with Gasteiger partial charge in [0.25, 0.3) is 0 Å². The molecule has 0 saturated carbocycles. The predicted molar refractivity (Wildman–Crippen MR) is 21.9 cm³/mol. The summed E-state index contributed by atoms with van der Waals surface area (Å²) >= 11 is 0. The minimum atomic E-state index is 0. The van der Waals surface area contributed by atoms with Crippen LogP contribution in [0.1, 0.15) is 0 Å². The first kappa shape index (κ1) is 51.6. The average Bonchev–Trinajstić information content (AvgIpc) is 0. The maximum atomic E-state index is 0. The van der Waals surface area contributed by atoms with Crippen LogP contribution in [-0.2, 0) is 63.8 Å². The van der Waals surface area contributed by atoms with Crippen molar-refractivity contribution in [2.24, 2.45) is 0 Å². The van der Waals surface area contributed by atoms with Gasteiger partial charge in [-0.2, -0.15) is 13.5 Å². The fourth-order valence-electron chi connectivity index (χ4n) is 0. The molecule has 0 rings (SSSR count). The van der Waals surface area contributed by atoms with Gasteiger partial charge in [-0.25, -0.2) is 0 Å². The van der Waals surface area contributed by atoms with Gasteiger partial charge >= 0.3 is 0 Å². The fraction of sp³-hybridized carbons (Fsp3) is 0. The molecular weight excluding hydrogens is 556 g/mol. The summed E-state index contributed by atoms with van der Waals surface area (Å²) in [6.45, 7) is 0. The second kappa shape index (κ2) is 36.5. The molecule has 0 N–H and O–H groups in total. The van der Waals surface area contributed by atoms with Crippen molar-refractivity contribution in [3.05, 3.63) is 0 Å². The van der Waals surface area contributed by atoms with Crippen molar-refractivity contribution in [2.45, 2.75) is 0 Å². The Balaban J connectivity index is 0. The first-order valence-electron chi connectivity index (χ1n) is 0. The molecular formula is H2AsCdCuPbSZn. The predicted octanol–water partition coefficient (Wildman–Crippen LogP) is -0.656. The van der Waals surface area contributed by atoms with Crippen LogP contribution in [0.2, 0.25) is 0 Å². The third-order valence-corrected chi connectivity index (χ3v) is 0. The third kappa shape index (κ3) is 24.7. The van der Waals surface area contributed by atoms with Crippen LogP contribution in [0.4, 0.5) is 0 Å². The van der Waals surface area contributed by atoms with Crippen LogP contribution in [0.25, 0.3) is 0 Å². The molecule has 0 aromatic rings. The van der Waals surface area contributed by atoms with E-state index >= 15 is 0 Å². The molecule has 0 heterocycles. The van der Waals surface area contributed by atoms with E-state index in [2.05, 4.69) is 0 Å². The molecule has 0 amide bonds. The standard InChI is InChI=1S/As.Cd.Cu.Pb.H2S.Zn/h;;;;1H2;. The summed E-state index contributed by atoms with van der Waals surface area (Å²) < 4.78 is 0. The number of rotatable bonds is 0. The topological polar surface area (TPSA) is 0 Å². The Kier molecular flexibility index (Phi) is 314. The van der Waals surface area contributed by atoms with Gasteiger partial charge in [0.1, 0.15) is 0 Å². The zero-order valence-electron chi connectivity index (χ0n) is 3.16. The molecule has 0 unspecified atom stereocenters. The van der Waals surface area contributed by atoms with Crippen molar-refractivity contribution in [3.63, 3.8) is 0 Å². The van der Waals surface area contributed by atoms with Crippen LogP contribution >= 0.6 is 13.5 Å². The van der Waals surface area contributed by atoms with Gasteiger partial charge in [0.2, 0.25) is 0 Å². The Morgan fingerprint density at radius 2 is 1.00 bits per heavy atom. The second-order valence-electron chi connectivity index (χ2n) is 0. The van der Waals surface area contributed by atoms with Crippen molar-refractivity contribution in [1.82, 2.24) is 0 Å². The molecule has 0 atom stereocenters. The SMILES string of the molecule is S.[As].[Cd].[Cu].[Pb].[Zn]. The summed E-state index contributed by atoms with van der Waals surface area (Å²) in [6, 6.07) is 0. The molecule has 0 saturated heterocycles. The van der Waals surface area contributed by atoms with E-state index in [0.717, 1.165) is 0 Å². The molecule has 0 fully saturated rings. The van der Waals surface area contributed by atoms with Crippen LogP contribution in [0, 0.1) is 0 Å². The molecule has 0 aliphatic heterocycles. The summed E-state index contributed by atoms with van der Waals surface area (Å²) in [5, 5.41) is 0. The monoisotopic (exact) mass is 558 g/mol. The van der Waals surface area contributed by atoms with Crippen LogP contribution < -0.4 is 0 Å². The zero-order valence-corrected chi connectivity index (χ0v) is 17.9. The minimum absolute atomic E-state index is 0. The van der Waals surface area contributed by atoms with Crippen LogP contribution in [0.3, 0.4) is 0 Å². The van der Waals surface area contributed by atoms with Gasteiger partial charge in [-0.15, -0.1) is 0 Å². The first-order chi connectivity index (χ1) is 0. The van der Waals surface area contributed by atoms with Crippen molar-refractivity contribution in [2.75, 3.05) is 0 Å². The van der Waals surface area contributed by atoms with Crippen molar-refractivity contribution in [1.29, 1.82) is 0 Å². The molecule has 6 heteroatoms. The van der Waals surface area contributed by atoms with E-state index in [0.29, 0.717) is 0 Å². The second-order valence-corrected chi connectivity index (χ2v) is 0. The molecule has 6 heavy (non-hydrogen) atoms. The normalized spacial score (nSPS) is 0. The van der Waals surface area contributed by atoms with Gasteiger partial charge < -0.3 is 0 Å². The van der Waals surface area contributed by atoms with Gasteiger partial charge in [0.05, 0.1) is 0 Å². The molecule has 8 radical (unpaired) electrons. The molecule has 0 aliphatic carbocycles. The molecule has 0 aromatic heterocycles. The molecule has 0 aliphatic rings. The molecule has 0 bridgehead atoms. The smallest absolute Gasteiger partial charge is 0 e. The van der Waals surface area contributed by atoms with Crippen LogP contribution in [-0.4, -0.2) is 45.3 Å². The molecule has 0 spiro atoms. The van der Waals surface area contributed by atoms with Crippen molar-refractivity contribution in [3.8, 4) is 0 Å². The Morgan fingerprint density at radius 3 is 1.00 bits per heavy atom. The van der Waals surface area contributed by atoms with Gasteiger partial charge in [0, 0.05) is 109 Å². The number of hydrogen-bond donors (Lipinski definition) is 0. The Bertz CT molecular complexity index is 15.5. The summed E-state index contributed by atoms with van der Waals surface area (Å²) in [5.41, 5.74) is 0. The van der Waals surface area contributed by atoms with Gasteiger partial charge in [-0.1, -0.05) is 0 Å². The fourth-order valence-corrected chi connectivity index (χ4v) is 0. The summed E-state index contributed by atoms with van der Waals surface area (Å²) in [6.07, 6.45) is 0. The Labute approximate surface area is 120 Å². The van der Waals surface area contributed by atoms with E-state index in [-0.39, 0.29) is 123 Å². The Hall–Kier alpha value is 3.90. The summed E-state index contributed by atoms with van der Waals surface area (Å²) in [5.74, 6) is 0. The quantitative estimate of drug-likeness (QED) is 0.348. The van der Waals surface area contributed by atoms with E-state index in [1.165, 1.54) is 0 Å². The van der Waals surface area contributed by atoms with Gasteiger partial charge in [-0.05, 0) is 0 Å². The molecule has 0 aromatic carbocycles. The van der Waals surface area contributed by atoms with E-state index in [4.69, 9.17) is 0 Å². The zero-order chi connectivity index (χ0) is 0. The minimum Gasteiger partial charge on any atom is -0.197 e. The van der Waals surface area contributed by atoms with Crippen molar-refractivity contribution < 1.29 is 63.8 Å².